The van der Waals surface area contributed by atoms with Gasteiger partial charge in [-0.2, -0.15) is 0 Å². The number of benzene rings is 1. The zero-order valence-corrected chi connectivity index (χ0v) is 8.66. The van der Waals surface area contributed by atoms with E-state index in [0.717, 1.165) is 6.42 Å². The summed E-state index contributed by atoms with van der Waals surface area (Å²) in [7, 11) is 0. The average Bonchev–Trinajstić information content (AvgIpc) is 2.29. The molecule has 1 heterocycles. The van der Waals surface area contributed by atoms with Gasteiger partial charge < -0.3 is 4.42 Å². The summed E-state index contributed by atoms with van der Waals surface area (Å²) < 4.78 is 5.61. The molecule has 0 spiro atoms. The maximum atomic E-state index is 12.1. The number of carbonyl (C=O) groups is 1. The Morgan fingerprint density at radius 3 is 2.75 bits per heavy atom. The zero-order valence-electron chi connectivity index (χ0n) is 8.66. The fourth-order valence-corrected chi connectivity index (χ4v) is 2.18. The van der Waals surface area contributed by atoms with Crippen molar-refractivity contribution in [2.24, 2.45) is 0 Å². The van der Waals surface area contributed by atoms with E-state index >= 15 is 0 Å². The average molecular weight is 214 g/mol. The van der Waals surface area contributed by atoms with Gasteiger partial charge in [-0.3, -0.25) is 9.59 Å². The van der Waals surface area contributed by atoms with Gasteiger partial charge in [-0.15, -0.1) is 0 Å². The van der Waals surface area contributed by atoms with Gasteiger partial charge in [0, 0.05) is 12.8 Å². The molecule has 80 valence electrons. The minimum Gasteiger partial charge on any atom is -0.460 e. The zero-order chi connectivity index (χ0) is 11.1. The van der Waals surface area contributed by atoms with E-state index in [2.05, 4.69) is 0 Å². The first-order valence-corrected chi connectivity index (χ1v) is 5.35. The summed E-state index contributed by atoms with van der Waals surface area (Å²) in [6.07, 6.45) is 1.91. The van der Waals surface area contributed by atoms with Crippen LogP contribution in [0, 0.1) is 0 Å². The van der Waals surface area contributed by atoms with Gasteiger partial charge in [0.2, 0.25) is 5.43 Å². The molecule has 1 aliphatic carbocycles. The van der Waals surface area contributed by atoms with Gasteiger partial charge in [-0.1, -0.05) is 12.1 Å². The second-order valence-corrected chi connectivity index (χ2v) is 4.00. The summed E-state index contributed by atoms with van der Waals surface area (Å²) in [6.45, 7) is 0. The van der Waals surface area contributed by atoms with Crippen molar-refractivity contribution in [2.75, 3.05) is 0 Å². The van der Waals surface area contributed by atoms with Crippen molar-refractivity contribution in [1.82, 2.24) is 0 Å². The second-order valence-electron chi connectivity index (χ2n) is 4.00. The minimum atomic E-state index is -0.179. The van der Waals surface area contributed by atoms with E-state index < -0.39 is 0 Å². The van der Waals surface area contributed by atoms with Crippen LogP contribution < -0.4 is 5.43 Å². The van der Waals surface area contributed by atoms with Crippen LogP contribution in [-0.2, 0) is 6.42 Å². The first-order chi connectivity index (χ1) is 7.77. The van der Waals surface area contributed by atoms with E-state index in [0.29, 0.717) is 29.6 Å². The van der Waals surface area contributed by atoms with Crippen LogP contribution in [0.5, 0.6) is 0 Å². The van der Waals surface area contributed by atoms with Gasteiger partial charge in [-0.05, 0) is 18.6 Å². The Bertz CT molecular complexity index is 637. The number of aryl methyl sites for hydroxylation is 1. The predicted octanol–water partition coefficient (Wildman–Crippen LogP) is 2.31. The van der Waals surface area contributed by atoms with Crippen LogP contribution in [0.25, 0.3) is 11.0 Å². The van der Waals surface area contributed by atoms with Crippen LogP contribution in [0.4, 0.5) is 0 Å². The Hall–Kier alpha value is -1.90. The van der Waals surface area contributed by atoms with Crippen molar-refractivity contribution in [3.63, 3.8) is 0 Å². The lowest BCUT2D eigenvalue weighted by atomic mass is 9.94. The Kier molecular flexibility index (Phi) is 1.93. The highest BCUT2D eigenvalue weighted by Crippen LogP contribution is 2.22. The van der Waals surface area contributed by atoms with Crippen LogP contribution in [0.15, 0.2) is 33.5 Å². The van der Waals surface area contributed by atoms with Crippen molar-refractivity contribution in [3.05, 3.63) is 45.8 Å². The number of Topliss-reactive ketones (excluding diaryl/α,β-unsaturated/α-hetero) is 1. The molecule has 1 aromatic heterocycles. The molecule has 3 rings (SSSR count). The molecule has 0 radical (unpaired) electrons. The fourth-order valence-electron chi connectivity index (χ4n) is 2.18. The van der Waals surface area contributed by atoms with E-state index in [1.165, 1.54) is 0 Å². The third-order valence-electron chi connectivity index (χ3n) is 2.96. The molecule has 0 bridgehead atoms. The van der Waals surface area contributed by atoms with E-state index in [9.17, 15) is 9.59 Å². The molecule has 16 heavy (non-hydrogen) atoms. The fraction of sp³-hybridized carbons (Fsp3) is 0.231. The molecule has 0 saturated heterocycles. The number of para-hydroxylation sites is 1. The van der Waals surface area contributed by atoms with Gasteiger partial charge in [-0.25, -0.2) is 0 Å². The highest BCUT2D eigenvalue weighted by Gasteiger charge is 2.24. The molecule has 3 heteroatoms. The molecule has 1 aliphatic rings. The molecule has 0 fully saturated rings. The number of rotatable bonds is 0. The highest BCUT2D eigenvalue weighted by molar-refractivity contribution is 6.00. The van der Waals surface area contributed by atoms with Crippen LogP contribution in [-0.4, -0.2) is 5.78 Å². The van der Waals surface area contributed by atoms with Crippen LogP contribution in [0.1, 0.15) is 29.0 Å². The van der Waals surface area contributed by atoms with E-state index in [4.69, 9.17) is 4.42 Å². The van der Waals surface area contributed by atoms with E-state index in [-0.39, 0.29) is 16.8 Å². The van der Waals surface area contributed by atoms with Crippen molar-refractivity contribution in [2.45, 2.75) is 19.3 Å². The lowest BCUT2D eigenvalue weighted by Gasteiger charge is -2.13. The number of carbonyl (C=O) groups excluding carboxylic acids is 1. The van der Waals surface area contributed by atoms with Gasteiger partial charge in [0.05, 0.1) is 5.39 Å². The largest absolute Gasteiger partial charge is 0.460 e. The Morgan fingerprint density at radius 1 is 1.06 bits per heavy atom. The Morgan fingerprint density at radius 2 is 1.88 bits per heavy atom. The highest BCUT2D eigenvalue weighted by atomic mass is 16.3. The third kappa shape index (κ3) is 1.21. The van der Waals surface area contributed by atoms with Crippen LogP contribution >= 0.6 is 0 Å². The van der Waals surface area contributed by atoms with E-state index in [1.807, 2.05) is 6.07 Å². The number of hydrogen-bond donors (Lipinski definition) is 0. The topological polar surface area (TPSA) is 47.3 Å². The molecule has 0 N–H and O–H groups in total. The van der Waals surface area contributed by atoms with Crippen molar-refractivity contribution in [3.8, 4) is 0 Å². The third-order valence-corrected chi connectivity index (χ3v) is 2.96. The lowest BCUT2D eigenvalue weighted by Crippen LogP contribution is -2.21. The first kappa shape index (κ1) is 9.33. The van der Waals surface area contributed by atoms with Gasteiger partial charge in [0.25, 0.3) is 0 Å². The summed E-state index contributed by atoms with van der Waals surface area (Å²) in [5, 5.41) is 0.497. The number of hydrogen-bond acceptors (Lipinski definition) is 3. The predicted molar refractivity (Wildman–Crippen MR) is 59.8 cm³/mol. The molecule has 2 aromatic rings. The van der Waals surface area contributed by atoms with Crippen molar-refractivity contribution in [1.29, 1.82) is 0 Å². The summed E-state index contributed by atoms with van der Waals surface area (Å²) >= 11 is 0. The smallest absolute Gasteiger partial charge is 0.203 e. The molecule has 0 amide bonds. The first-order valence-electron chi connectivity index (χ1n) is 5.35. The standard InChI is InChI=1S/C13H10O3/c14-9-5-3-7-11-12(9)13(15)8-4-1-2-6-10(8)16-11/h1-2,4,6H,3,5,7H2. The van der Waals surface area contributed by atoms with Crippen LogP contribution in [0.2, 0.25) is 0 Å². The second kappa shape index (κ2) is 3.30. The molecular formula is C13H10O3. The molecular weight excluding hydrogens is 204 g/mol. The SMILES string of the molecule is O=C1CCCc2oc3ccccc3c(=O)c21. The molecule has 3 nitrogen and oxygen atoms in total. The quantitative estimate of drug-likeness (QED) is 0.676. The van der Waals surface area contributed by atoms with Gasteiger partial charge in [0.15, 0.2) is 5.78 Å². The van der Waals surface area contributed by atoms with Gasteiger partial charge >= 0.3 is 0 Å². The van der Waals surface area contributed by atoms with Gasteiger partial charge in [0.1, 0.15) is 16.9 Å². The maximum absolute atomic E-state index is 12.1. The monoisotopic (exact) mass is 214 g/mol. The Balaban J connectivity index is 2.46. The number of ketones is 1. The summed E-state index contributed by atoms with van der Waals surface area (Å²) in [6, 6.07) is 7.06. The Labute approximate surface area is 91.7 Å². The molecule has 0 atom stereocenters. The molecule has 0 aliphatic heterocycles. The molecule has 0 unspecified atom stereocenters. The lowest BCUT2D eigenvalue weighted by molar-refractivity contribution is 0.0966. The summed E-state index contributed by atoms with van der Waals surface area (Å²) in [5.74, 6) is 0.473. The van der Waals surface area contributed by atoms with Crippen molar-refractivity contribution >= 4 is 16.8 Å². The molecule has 0 saturated carbocycles. The molecule has 1 aromatic carbocycles. The number of fused-ring (bicyclic) bond motifs is 2. The van der Waals surface area contributed by atoms with Crippen LogP contribution in [0.3, 0.4) is 0 Å². The minimum absolute atomic E-state index is 0.0826. The summed E-state index contributed by atoms with van der Waals surface area (Å²) in [4.78, 5) is 23.8. The normalized spacial score (nSPS) is 15.1. The van der Waals surface area contributed by atoms with E-state index in [1.54, 1.807) is 18.2 Å². The maximum Gasteiger partial charge on any atom is 0.203 e. The van der Waals surface area contributed by atoms with Crippen molar-refractivity contribution < 1.29 is 9.21 Å². The summed E-state index contributed by atoms with van der Waals surface area (Å²) in [5.41, 5.74) is 0.660.